The molecule has 100 valence electrons. The van der Waals surface area contributed by atoms with E-state index in [9.17, 15) is 0 Å². The number of nitrogens with zero attached hydrogens (tertiary/aromatic N) is 2. The maximum absolute atomic E-state index is 4.08. The second-order valence-corrected chi connectivity index (χ2v) is 5.66. The average Bonchev–Trinajstić information content (AvgIpc) is 3.12. The fraction of sp³-hybridized carbons (Fsp3) is 0.786. The Morgan fingerprint density at radius 2 is 2.28 bits per heavy atom. The summed E-state index contributed by atoms with van der Waals surface area (Å²) in [7, 11) is 0. The van der Waals surface area contributed by atoms with Crippen molar-refractivity contribution >= 4 is 0 Å². The van der Waals surface area contributed by atoms with Gasteiger partial charge in [0.2, 0.25) is 0 Å². The summed E-state index contributed by atoms with van der Waals surface area (Å²) in [6.45, 7) is 3.31. The first kappa shape index (κ1) is 12.2. The standard InChI is InChI=1S/C14H24N4/c1-3-12(14-5-2-6-16-14)13(4-1)17-8-10-18-9-7-15-11-18/h7,9,11-14,16-17H,1-6,8,10H2. The first-order valence-corrected chi connectivity index (χ1v) is 7.36. The van der Waals surface area contributed by atoms with Gasteiger partial charge in [-0.15, -0.1) is 0 Å². The largest absolute Gasteiger partial charge is 0.336 e. The fourth-order valence-electron chi connectivity index (χ4n) is 3.60. The maximum Gasteiger partial charge on any atom is 0.0946 e. The highest BCUT2D eigenvalue weighted by Gasteiger charge is 2.34. The Bertz CT molecular complexity index is 343. The van der Waals surface area contributed by atoms with Crippen molar-refractivity contribution in [3.63, 3.8) is 0 Å². The van der Waals surface area contributed by atoms with Crippen molar-refractivity contribution in [2.24, 2.45) is 5.92 Å². The molecule has 4 heteroatoms. The molecule has 4 nitrogen and oxygen atoms in total. The Balaban J connectivity index is 1.46. The molecule has 0 bridgehead atoms. The van der Waals surface area contributed by atoms with Crippen molar-refractivity contribution in [2.45, 2.75) is 50.7 Å². The zero-order valence-electron chi connectivity index (χ0n) is 11.0. The van der Waals surface area contributed by atoms with Crippen LogP contribution in [0.15, 0.2) is 18.7 Å². The molecule has 0 amide bonds. The lowest BCUT2D eigenvalue weighted by atomic mass is 9.93. The minimum atomic E-state index is 0.726. The summed E-state index contributed by atoms with van der Waals surface area (Å²) >= 11 is 0. The summed E-state index contributed by atoms with van der Waals surface area (Å²) in [5, 5.41) is 7.44. The molecule has 1 saturated carbocycles. The van der Waals surface area contributed by atoms with E-state index in [2.05, 4.69) is 20.2 Å². The zero-order chi connectivity index (χ0) is 12.2. The second-order valence-electron chi connectivity index (χ2n) is 5.66. The van der Waals surface area contributed by atoms with Gasteiger partial charge in [-0.25, -0.2) is 4.98 Å². The number of hydrogen-bond donors (Lipinski definition) is 2. The van der Waals surface area contributed by atoms with Crippen LogP contribution in [-0.2, 0) is 6.54 Å². The summed E-state index contributed by atoms with van der Waals surface area (Å²) in [6, 6.07) is 1.50. The Morgan fingerprint density at radius 1 is 1.28 bits per heavy atom. The highest BCUT2D eigenvalue weighted by Crippen LogP contribution is 2.31. The third-order valence-corrected chi connectivity index (χ3v) is 4.52. The molecule has 3 unspecified atom stereocenters. The molecule has 18 heavy (non-hydrogen) atoms. The van der Waals surface area contributed by atoms with Crippen LogP contribution in [0.25, 0.3) is 0 Å². The summed E-state index contributed by atoms with van der Waals surface area (Å²) in [6.07, 6.45) is 12.7. The molecule has 0 spiro atoms. The number of hydrogen-bond acceptors (Lipinski definition) is 3. The van der Waals surface area contributed by atoms with E-state index >= 15 is 0 Å². The number of nitrogens with one attached hydrogen (secondary N) is 2. The molecule has 1 aliphatic heterocycles. The fourth-order valence-corrected chi connectivity index (χ4v) is 3.60. The van der Waals surface area contributed by atoms with Crippen LogP contribution >= 0.6 is 0 Å². The Labute approximate surface area is 109 Å². The van der Waals surface area contributed by atoms with Gasteiger partial charge in [-0.2, -0.15) is 0 Å². The van der Waals surface area contributed by atoms with Gasteiger partial charge in [-0.1, -0.05) is 6.42 Å². The molecule has 1 aromatic heterocycles. The van der Waals surface area contributed by atoms with Gasteiger partial charge >= 0.3 is 0 Å². The highest BCUT2D eigenvalue weighted by molar-refractivity contribution is 4.93. The van der Waals surface area contributed by atoms with Gasteiger partial charge in [-0.05, 0) is 38.1 Å². The number of rotatable bonds is 5. The van der Waals surface area contributed by atoms with E-state index in [1.54, 1.807) is 0 Å². The quantitative estimate of drug-likeness (QED) is 0.827. The Hall–Kier alpha value is -0.870. The topological polar surface area (TPSA) is 41.9 Å². The second kappa shape index (κ2) is 5.85. The SMILES string of the molecule is c1cn(CCNC2CCCC2C2CCCN2)cn1. The van der Waals surface area contributed by atoms with Gasteiger partial charge < -0.3 is 15.2 Å². The Morgan fingerprint density at radius 3 is 3.06 bits per heavy atom. The zero-order valence-corrected chi connectivity index (χ0v) is 11.0. The van der Waals surface area contributed by atoms with E-state index in [1.807, 2.05) is 18.7 Å². The van der Waals surface area contributed by atoms with Crippen LogP contribution in [0.1, 0.15) is 32.1 Å². The van der Waals surface area contributed by atoms with Crippen LogP contribution in [0.2, 0.25) is 0 Å². The lowest BCUT2D eigenvalue weighted by Gasteiger charge is -2.26. The molecule has 1 aromatic rings. The van der Waals surface area contributed by atoms with Crippen molar-refractivity contribution in [2.75, 3.05) is 13.1 Å². The van der Waals surface area contributed by atoms with Crippen molar-refractivity contribution in [1.82, 2.24) is 20.2 Å². The number of imidazole rings is 1. The summed E-state index contributed by atoms with van der Waals surface area (Å²) in [4.78, 5) is 4.08. The molecule has 1 aliphatic carbocycles. The molecular formula is C14H24N4. The van der Waals surface area contributed by atoms with Gasteiger partial charge in [0.05, 0.1) is 6.33 Å². The van der Waals surface area contributed by atoms with E-state index in [-0.39, 0.29) is 0 Å². The van der Waals surface area contributed by atoms with Crippen molar-refractivity contribution in [3.8, 4) is 0 Å². The van der Waals surface area contributed by atoms with Crippen molar-refractivity contribution < 1.29 is 0 Å². The molecule has 2 aliphatic rings. The van der Waals surface area contributed by atoms with Gasteiger partial charge in [0.25, 0.3) is 0 Å². The molecule has 3 rings (SSSR count). The minimum absolute atomic E-state index is 0.726. The molecule has 0 aromatic carbocycles. The molecular weight excluding hydrogens is 224 g/mol. The van der Waals surface area contributed by atoms with Crippen LogP contribution in [0, 0.1) is 5.92 Å². The molecule has 2 fully saturated rings. The maximum atomic E-state index is 4.08. The van der Waals surface area contributed by atoms with Crippen LogP contribution < -0.4 is 10.6 Å². The minimum Gasteiger partial charge on any atom is -0.336 e. The van der Waals surface area contributed by atoms with Gasteiger partial charge in [0.15, 0.2) is 0 Å². The van der Waals surface area contributed by atoms with E-state index in [4.69, 9.17) is 0 Å². The Kier molecular flexibility index (Phi) is 3.96. The lowest BCUT2D eigenvalue weighted by molar-refractivity contribution is 0.318. The first-order chi connectivity index (χ1) is 8.93. The average molecular weight is 248 g/mol. The van der Waals surface area contributed by atoms with Crippen LogP contribution in [-0.4, -0.2) is 34.7 Å². The smallest absolute Gasteiger partial charge is 0.0946 e. The van der Waals surface area contributed by atoms with Gasteiger partial charge in [0.1, 0.15) is 0 Å². The van der Waals surface area contributed by atoms with Gasteiger partial charge in [-0.3, -0.25) is 0 Å². The molecule has 2 heterocycles. The predicted octanol–water partition coefficient (Wildman–Crippen LogP) is 1.39. The third-order valence-electron chi connectivity index (χ3n) is 4.52. The lowest BCUT2D eigenvalue weighted by Crippen LogP contribution is -2.42. The third kappa shape index (κ3) is 2.75. The normalized spacial score (nSPS) is 32.1. The molecule has 1 saturated heterocycles. The summed E-state index contributed by atoms with van der Waals surface area (Å²) in [5.74, 6) is 0.857. The molecule has 3 atom stereocenters. The number of aromatic nitrogens is 2. The van der Waals surface area contributed by atoms with E-state index in [0.29, 0.717) is 0 Å². The van der Waals surface area contributed by atoms with Crippen molar-refractivity contribution in [3.05, 3.63) is 18.7 Å². The van der Waals surface area contributed by atoms with Crippen molar-refractivity contribution in [1.29, 1.82) is 0 Å². The van der Waals surface area contributed by atoms with Crippen LogP contribution in [0.4, 0.5) is 0 Å². The van der Waals surface area contributed by atoms with Crippen LogP contribution in [0.5, 0.6) is 0 Å². The first-order valence-electron chi connectivity index (χ1n) is 7.36. The van der Waals surface area contributed by atoms with Gasteiger partial charge in [0, 0.05) is 37.6 Å². The van der Waals surface area contributed by atoms with E-state index in [0.717, 1.165) is 31.1 Å². The predicted molar refractivity (Wildman–Crippen MR) is 72.4 cm³/mol. The highest BCUT2D eigenvalue weighted by atomic mass is 15.1. The summed E-state index contributed by atoms with van der Waals surface area (Å²) < 4.78 is 2.14. The van der Waals surface area contributed by atoms with E-state index < -0.39 is 0 Å². The van der Waals surface area contributed by atoms with E-state index in [1.165, 1.54) is 38.6 Å². The summed E-state index contributed by atoms with van der Waals surface area (Å²) in [5.41, 5.74) is 0. The molecule has 0 radical (unpaired) electrons. The monoisotopic (exact) mass is 248 g/mol. The molecule has 2 N–H and O–H groups in total. The van der Waals surface area contributed by atoms with Crippen LogP contribution in [0.3, 0.4) is 0 Å².